The van der Waals surface area contributed by atoms with Crippen LogP contribution in [-0.4, -0.2) is 34.0 Å². The van der Waals surface area contributed by atoms with Crippen molar-refractivity contribution in [2.75, 3.05) is 14.2 Å². The van der Waals surface area contributed by atoms with Crippen molar-refractivity contribution in [3.63, 3.8) is 0 Å². The lowest BCUT2D eigenvalue weighted by Crippen LogP contribution is -2.01. The summed E-state index contributed by atoms with van der Waals surface area (Å²) in [5, 5.41) is 12.8. The van der Waals surface area contributed by atoms with Crippen LogP contribution in [0.3, 0.4) is 0 Å². The first-order valence-corrected chi connectivity index (χ1v) is 11.4. The highest BCUT2D eigenvalue weighted by Gasteiger charge is 2.17. The van der Waals surface area contributed by atoms with Gasteiger partial charge < -0.3 is 14.0 Å². The van der Waals surface area contributed by atoms with Gasteiger partial charge in [0.25, 0.3) is 0 Å². The van der Waals surface area contributed by atoms with E-state index in [0.29, 0.717) is 0 Å². The second kappa shape index (κ2) is 9.32. The van der Waals surface area contributed by atoms with Crippen molar-refractivity contribution in [1.82, 2.24) is 19.7 Å². The fraction of sp³-hybridized carbons (Fsp3) is 0.227. The van der Waals surface area contributed by atoms with Gasteiger partial charge in [0.2, 0.25) is 0 Å². The van der Waals surface area contributed by atoms with Crippen LogP contribution < -0.4 is 9.47 Å². The number of methoxy groups -OCH3 is 2. The van der Waals surface area contributed by atoms with Crippen LogP contribution in [0.15, 0.2) is 59.1 Å². The average molecular weight is 439 g/mol. The molecule has 0 radical (unpaired) electrons. The van der Waals surface area contributed by atoms with Gasteiger partial charge in [0.15, 0.2) is 11.0 Å². The van der Waals surface area contributed by atoms with E-state index in [1.54, 1.807) is 37.3 Å². The molecule has 154 valence electrons. The molecular weight excluding hydrogens is 416 g/mol. The van der Waals surface area contributed by atoms with Gasteiger partial charge in [-0.25, -0.2) is 4.98 Å². The molecular formula is C22H22N4O2S2. The number of aromatic nitrogens is 4. The molecule has 2 aromatic heterocycles. The highest BCUT2D eigenvalue weighted by Crippen LogP contribution is 2.33. The molecule has 0 spiro atoms. The molecule has 0 bridgehead atoms. The normalized spacial score (nSPS) is 10.9. The van der Waals surface area contributed by atoms with E-state index in [1.807, 2.05) is 48.5 Å². The van der Waals surface area contributed by atoms with Crippen LogP contribution >= 0.6 is 23.1 Å². The molecule has 2 heterocycles. The Morgan fingerprint density at radius 1 is 1.03 bits per heavy atom. The number of hydrogen-bond donors (Lipinski definition) is 0. The van der Waals surface area contributed by atoms with Gasteiger partial charge in [-0.1, -0.05) is 36.0 Å². The Morgan fingerprint density at radius 3 is 2.70 bits per heavy atom. The Bertz CT molecular complexity index is 1140. The average Bonchev–Trinajstić information content (AvgIpc) is 3.44. The molecule has 0 aliphatic carbocycles. The highest BCUT2D eigenvalue weighted by molar-refractivity contribution is 7.98. The van der Waals surface area contributed by atoms with Gasteiger partial charge >= 0.3 is 0 Å². The van der Waals surface area contributed by atoms with Gasteiger partial charge in [0.05, 0.1) is 25.5 Å². The van der Waals surface area contributed by atoms with Crippen molar-refractivity contribution in [3.05, 3.63) is 59.6 Å². The molecule has 0 saturated carbocycles. The minimum absolute atomic E-state index is 0.727. The molecule has 0 N–H and O–H groups in total. The van der Waals surface area contributed by atoms with Crippen LogP contribution in [0.4, 0.5) is 0 Å². The zero-order chi connectivity index (χ0) is 20.9. The Hall–Kier alpha value is -2.84. The fourth-order valence-electron chi connectivity index (χ4n) is 3.11. The van der Waals surface area contributed by atoms with Crippen molar-refractivity contribution in [2.45, 2.75) is 24.4 Å². The number of ether oxygens (including phenoxy) is 2. The summed E-state index contributed by atoms with van der Waals surface area (Å²) in [4.78, 5) is 4.78. The van der Waals surface area contributed by atoms with Crippen LogP contribution in [0, 0.1) is 0 Å². The third kappa shape index (κ3) is 4.20. The van der Waals surface area contributed by atoms with Crippen LogP contribution in [0.5, 0.6) is 11.5 Å². The number of benzene rings is 2. The number of thioether (sulfide) groups is 1. The maximum absolute atomic E-state index is 5.49. The Kier molecular flexibility index (Phi) is 6.35. The second-order valence-electron chi connectivity index (χ2n) is 6.42. The van der Waals surface area contributed by atoms with Gasteiger partial charge in [-0.05, 0) is 31.2 Å². The van der Waals surface area contributed by atoms with Crippen molar-refractivity contribution < 1.29 is 9.47 Å². The topological polar surface area (TPSA) is 62.1 Å². The third-order valence-electron chi connectivity index (χ3n) is 4.60. The Morgan fingerprint density at radius 2 is 1.90 bits per heavy atom. The number of thiazole rings is 1. The first-order chi connectivity index (χ1) is 14.7. The third-order valence-corrected chi connectivity index (χ3v) is 6.54. The zero-order valence-electron chi connectivity index (χ0n) is 17.0. The van der Waals surface area contributed by atoms with Gasteiger partial charge in [0, 0.05) is 23.2 Å². The monoisotopic (exact) mass is 438 g/mol. The summed E-state index contributed by atoms with van der Waals surface area (Å²) in [6.07, 6.45) is 0. The van der Waals surface area contributed by atoms with Crippen LogP contribution in [-0.2, 0) is 12.3 Å². The summed E-state index contributed by atoms with van der Waals surface area (Å²) in [5.41, 5.74) is 3.02. The maximum Gasteiger partial charge on any atom is 0.191 e. The molecule has 4 rings (SSSR count). The van der Waals surface area contributed by atoms with Gasteiger partial charge in [-0.3, -0.25) is 0 Å². The molecule has 0 unspecified atom stereocenters. The van der Waals surface area contributed by atoms with E-state index in [1.165, 1.54) is 0 Å². The molecule has 0 saturated heterocycles. The summed E-state index contributed by atoms with van der Waals surface area (Å²) >= 11 is 3.27. The largest absolute Gasteiger partial charge is 0.497 e. The lowest BCUT2D eigenvalue weighted by atomic mass is 10.2. The first kappa shape index (κ1) is 20.4. The summed E-state index contributed by atoms with van der Waals surface area (Å²) in [6, 6.07) is 15.8. The molecule has 4 aromatic rings. The van der Waals surface area contributed by atoms with Crippen LogP contribution in [0.2, 0.25) is 0 Å². The first-order valence-electron chi connectivity index (χ1n) is 9.51. The number of nitrogens with zero attached hydrogens (tertiary/aromatic N) is 4. The second-order valence-corrected chi connectivity index (χ2v) is 8.22. The number of hydrogen-bond acceptors (Lipinski definition) is 7. The highest BCUT2D eigenvalue weighted by atomic mass is 32.2. The molecule has 0 aliphatic rings. The van der Waals surface area contributed by atoms with E-state index < -0.39 is 0 Å². The van der Waals surface area contributed by atoms with Gasteiger partial charge in [-0.2, -0.15) is 0 Å². The molecule has 0 fully saturated rings. The van der Waals surface area contributed by atoms with E-state index >= 15 is 0 Å². The summed E-state index contributed by atoms with van der Waals surface area (Å²) in [6.45, 7) is 2.87. The molecule has 30 heavy (non-hydrogen) atoms. The van der Waals surface area contributed by atoms with Crippen molar-refractivity contribution in [3.8, 4) is 33.5 Å². The quantitative estimate of drug-likeness (QED) is 0.343. The van der Waals surface area contributed by atoms with Crippen molar-refractivity contribution >= 4 is 23.1 Å². The lowest BCUT2D eigenvalue weighted by Gasteiger charge is -2.10. The smallest absolute Gasteiger partial charge is 0.191 e. The van der Waals surface area contributed by atoms with Crippen molar-refractivity contribution in [1.29, 1.82) is 0 Å². The predicted octanol–water partition coefficient (Wildman–Crippen LogP) is 5.40. The molecule has 0 atom stereocenters. The molecule has 8 heteroatoms. The van der Waals surface area contributed by atoms with E-state index in [4.69, 9.17) is 14.5 Å². The van der Waals surface area contributed by atoms with E-state index in [-0.39, 0.29) is 0 Å². The minimum Gasteiger partial charge on any atom is -0.497 e. The van der Waals surface area contributed by atoms with Gasteiger partial charge in [0.1, 0.15) is 16.5 Å². The van der Waals surface area contributed by atoms with Crippen LogP contribution in [0.1, 0.15) is 12.6 Å². The summed E-state index contributed by atoms with van der Waals surface area (Å²) in [7, 11) is 3.34. The zero-order valence-corrected chi connectivity index (χ0v) is 18.7. The molecule has 6 nitrogen and oxygen atoms in total. The van der Waals surface area contributed by atoms with E-state index in [0.717, 1.165) is 56.6 Å². The Balaban J connectivity index is 1.52. The van der Waals surface area contributed by atoms with E-state index in [2.05, 4.69) is 27.1 Å². The van der Waals surface area contributed by atoms with Crippen LogP contribution in [0.25, 0.3) is 22.0 Å². The molecule has 0 amide bonds. The van der Waals surface area contributed by atoms with Gasteiger partial charge in [-0.15, -0.1) is 21.5 Å². The maximum atomic E-state index is 5.49. The summed E-state index contributed by atoms with van der Waals surface area (Å²) in [5.74, 6) is 3.16. The number of rotatable bonds is 8. The molecule has 2 aromatic carbocycles. The Labute approximate surface area is 183 Å². The predicted molar refractivity (Wildman–Crippen MR) is 121 cm³/mol. The summed E-state index contributed by atoms with van der Waals surface area (Å²) < 4.78 is 12.9. The lowest BCUT2D eigenvalue weighted by molar-refractivity contribution is 0.415. The number of para-hydroxylation sites is 1. The standard InChI is InChI=1S/C22H22N4O2S2/c1-4-26-20(18-10-5-6-11-19(18)28-3)24-25-22(26)30-14-16-13-29-21(23-16)15-8-7-9-17(12-15)27-2/h5-13H,4,14H2,1-3H3. The SMILES string of the molecule is CCn1c(SCc2csc(-c3cccc(OC)c3)n2)nnc1-c1ccccc1OC. The minimum atomic E-state index is 0.727. The van der Waals surface area contributed by atoms with E-state index in [9.17, 15) is 0 Å². The van der Waals surface area contributed by atoms with Crippen molar-refractivity contribution in [2.24, 2.45) is 0 Å². The molecule has 0 aliphatic heterocycles. The fourth-order valence-corrected chi connectivity index (χ4v) is 4.93.